The molecule has 1 atom stereocenters. The Kier molecular flexibility index (Phi) is 5.69. The van der Waals surface area contributed by atoms with E-state index in [0.29, 0.717) is 19.5 Å². The lowest BCUT2D eigenvalue weighted by atomic mass is 10.1. The van der Waals surface area contributed by atoms with Crippen LogP contribution in [-0.2, 0) is 20.0 Å². The zero-order valence-electron chi connectivity index (χ0n) is 11.4. The van der Waals surface area contributed by atoms with Crippen molar-refractivity contribution in [2.75, 3.05) is 19.6 Å². The Labute approximate surface area is 121 Å². The molecule has 0 bridgehead atoms. The Morgan fingerprint density at radius 3 is 2.50 bits per heavy atom. The van der Waals surface area contributed by atoms with Crippen LogP contribution in [0.1, 0.15) is 13.3 Å². The number of rotatable bonds is 7. The fourth-order valence-corrected chi connectivity index (χ4v) is 4.14. The molecule has 0 spiro atoms. The first-order valence-corrected chi connectivity index (χ1v) is 9.16. The van der Waals surface area contributed by atoms with E-state index in [9.17, 15) is 16.8 Å². The highest BCUT2D eigenvalue weighted by Gasteiger charge is 2.32. The molecule has 6 nitrogen and oxygen atoms in total. The van der Waals surface area contributed by atoms with Gasteiger partial charge in [-0.3, -0.25) is 0 Å². The molecule has 0 aromatic rings. The summed E-state index contributed by atoms with van der Waals surface area (Å²) in [5, 5.41) is 0.839. The van der Waals surface area contributed by atoms with Crippen LogP contribution in [0.2, 0.25) is 0 Å². The summed E-state index contributed by atoms with van der Waals surface area (Å²) in [4.78, 5) is 0.171. The largest absolute Gasteiger partial charge is 0.242 e. The van der Waals surface area contributed by atoms with E-state index in [2.05, 4.69) is 17.9 Å². The summed E-state index contributed by atoms with van der Waals surface area (Å²) in [5.74, 6) is -0.0394. The predicted molar refractivity (Wildman–Crippen MR) is 79.7 cm³/mol. The molecule has 0 unspecified atom stereocenters. The third-order valence-electron chi connectivity index (χ3n) is 3.16. The van der Waals surface area contributed by atoms with Crippen molar-refractivity contribution < 1.29 is 16.8 Å². The van der Waals surface area contributed by atoms with Crippen molar-refractivity contribution in [2.45, 2.75) is 13.3 Å². The zero-order valence-corrected chi connectivity index (χ0v) is 13.1. The Hall–Kier alpha value is -0.960. The third kappa shape index (κ3) is 4.02. The van der Waals surface area contributed by atoms with Gasteiger partial charge in [-0.2, -0.15) is 4.31 Å². The highest BCUT2D eigenvalue weighted by atomic mass is 32.2. The van der Waals surface area contributed by atoms with Gasteiger partial charge in [0, 0.05) is 25.0 Å². The maximum absolute atomic E-state index is 12.2. The van der Waals surface area contributed by atoms with Crippen LogP contribution < -0.4 is 4.72 Å². The zero-order chi connectivity index (χ0) is 15.4. The van der Waals surface area contributed by atoms with Crippen molar-refractivity contribution in [1.29, 1.82) is 0 Å². The average Bonchev–Trinajstić information content (AvgIpc) is 2.87. The van der Waals surface area contributed by atoms with Gasteiger partial charge in [-0.05, 0) is 25.3 Å². The van der Waals surface area contributed by atoms with Crippen LogP contribution in [-0.4, -0.2) is 40.8 Å². The van der Waals surface area contributed by atoms with Crippen LogP contribution in [0.3, 0.4) is 0 Å². The summed E-state index contributed by atoms with van der Waals surface area (Å²) >= 11 is 0. The monoisotopic (exact) mass is 320 g/mol. The van der Waals surface area contributed by atoms with Gasteiger partial charge in [0.15, 0.2) is 0 Å². The molecule has 1 aliphatic heterocycles. The summed E-state index contributed by atoms with van der Waals surface area (Å²) in [5.41, 5.74) is 0. The summed E-state index contributed by atoms with van der Waals surface area (Å²) in [6.07, 6.45) is 3.42. The van der Waals surface area contributed by atoms with E-state index < -0.39 is 20.0 Å². The minimum Gasteiger partial charge on any atom is -0.211 e. The van der Waals surface area contributed by atoms with Gasteiger partial charge in [-0.1, -0.05) is 19.2 Å². The fourth-order valence-electron chi connectivity index (χ4n) is 2.00. The first-order valence-electron chi connectivity index (χ1n) is 6.18. The van der Waals surface area contributed by atoms with Crippen molar-refractivity contribution in [2.24, 2.45) is 5.92 Å². The van der Waals surface area contributed by atoms with E-state index in [1.807, 2.05) is 0 Å². The molecular formula is C12H20N2O4S2. The van der Waals surface area contributed by atoms with E-state index in [4.69, 9.17) is 0 Å². The molecule has 1 saturated heterocycles. The number of allylic oxidation sites excluding steroid dienone is 2. The van der Waals surface area contributed by atoms with Crippen molar-refractivity contribution >= 4 is 20.0 Å². The maximum Gasteiger partial charge on any atom is 0.242 e. The van der Waals surface area contributed by atoms with Crippen molar-refractivity contribution in [3.63, 3.8) is 0 Å². The topological polar surface area (TPSA) is 83.6 Å². The van der Waals surface area contributed by atoms with Gasteiger partial charge in [-0.25, -0.2) is 21.6 Å². The molecule has 1 aliphatic rings. The van der Waals surface area contributed by atoms with Crippen LogP contribution >= 0.6 is 0 Å². The second kappa shape index (κ2) is 6.66. The summed E-state index contributed by atoms with van der Waals surface area (Å²) in [7, 11) is -6.98. The van der Waals surface area contributed by atoms with Crippen molar-refractivity contribution in [3.8, 4) is 0 Å². The molecule has 1 fully saturated rings. The molecule has 20 heavy (non-hydrogen) atoms. The highest BCUT2D eigenvalue weighted by molar-refractivity contribution is 7.93. The lowest BCUT2D eigenvalue weighted by Gasteiger charge is -2.17. The van der Waals surface area contributed by atoms with Crippen molar-refractivity contribution in [3.05, 3.63) is 35.6 Å². The highest BCUT2D eigenvalue weighted by Crippen LogP contribution is 2.23. The first kappa shape index (κ1) is 17.1. The maximum atomic E-state index is 12.2. The molecular weight excluding hydrogens is 300 g/mol. The van der Waals surface area contributed by atoms with Crippen LogP contribution in [0, 0.1) is 5.92 Å². The smallest absolute Gasteiger partial charge is 0.211 e. The number of sulfonamides is 2. The third-order valence-corrected chi connectivity index (χ3v) is 6.18. The molecule has 1 rings (SSSR count). The molecule has 114 valence electrons. The predicted octanol–water partition coefficient (Wildman–Crippen LogP) is 0.791. The second-order valence-electron chi connectivity index (χ2n) is 4.47. The molecule has 0 aromatic carbocycles. The van der Waals surface area contributed by atoms with E-state index in [-0.39, 0.29) is 17.4 Å². The average molecular weight is 320 g/mol. The van der Waals surface area contributed by atoms with Gasteiger partial charge < -0.3 is 0 Å². The van der Waals surface area contributed by atoms with Gasteiger partial charge in [0.1, 0.15) is 0 Å². The normalized spacial score (nSPS) is 21.9. The molecule has 0 amide bonds. The Balaban J connectivity index is 2.69. The number of nitrogens with one attached hydrogen (secondary N) is 1. The lowest BCUT2D eigenvalue weighted by Crippen LogP contribution is -2.32. The summed E-state index contributed by atoms with van der Waals surface area (Å²) in [6.45, 7) is 9.22. The molecule has 0 aliphatic carbocycles. The van der Waals surface area contributed by atoms with Crippen LogP contribution in [0.25, 0.3) is 0 Å². The quantitative estimate of drug-likeness (QED) is 0.703. The molecule has 1 heterocycles. The standard InChI is InChI=1S/C12H20N2O4S2/c1-4-12(5-2)20(17,18)14-8-7-11(10-14)9-13-19(15,16)6-3/h4-6,11,13H,1,3,7-10H2,2H3/b12-5+/t11-/m1/s1. The van der Waals surface area contributed by atoms with E-state index in [1.54, 1.807) is 6.92 Å². The molecule has 8 heteroatoms. The van der Waals surface area contributed by atoms with Gasteiger partial charge in [-0.15, -0.1) is 0 Å². The van der Waals surface area contributed by atoms with Gasteiger partial charge in [0.25, 0.3) is 0 Å². The second-order valence-corrected chi connectivity index (χ2v) is 8.12. The number of nitrogens with zero attached hydrogens (tertiary/aromatic N) is 1. The molecule has 1 N–H and O–H groups in total. The van der Waals surface area contributed by atoms with E-state index in [0.717, 1.165) is 5.41 Å². The number of hydrogen-bond donors (Lipinski definition) is 1. The van der Waals surface area contributed by atoms with Gasteiger partial charge in [0.05, 0.1) is 4.91 Å². The Morgan fingerprint density at radius 1 is 1.35 bits per heavy atom. The lowest BCUT2D eigenvalue weighted by molar-refractivity contribution is 0.460. The van der Waals surface area contributed by atoms with Crippen molar-refractivity contribution in [1.82, 2.24) is 9.03 Å². The summed E-state index contributed by atoms with van der Waals surface area (Å²) < 4.78 is 50.7. The first-order chi connectivity index (χ1) is 9.26. The molecule has 0 radical (unpaired) electrons. The van der Waals surface area contributed by atoms with E-state index >= 15 is 0 Å². The Morgan fingerprint density at radius 2 is 2.00 bits per heavy atom. The van der Waals surface area contributed by atoms with E-state index in [1.165, 1.54) is 16.5 Å². The van der Waals surface area contributed by atoms with Gasteiger partial charge >= 0.3 is 0 Å². The minimum absolute atomic E-state index is 0.0394. The summed E-state index contributed by atoms with van der Waals surface area (Å²) in [6, 6.07) is 0. The van der Waals surface area contributed by atoms with Gasteiger partial charge in [0.2, 0.25) is 20.0 Å². The fraction of sp³-hybridized carbons (Fsp3) is 0.500. The van der Waals surface area contributed by atoms with Crippen LogP contribution in [0.4, 0.5) is 0 Å². The van der Waals surface area contributed by atoms with Crippen LogP contribution in [0.15, 0.2) is 35.6 Å². The minimum atomic E-state index is -3.51. The number of hydrogen-bond acceptors (Lipinski definition) is 4. The molecule has 0 aromatic heterocycles. The Bertz CT molecular complexity index is 605. The van der Waals surface area contributed by atoms with Crippen LogP contribution in [0.5, 0.6) is 0 Å². The SMILES string of the molecule is C=C/C(=C\C)S(=O)(=O)N1CC[C@H](CNS(=O)(=O)C=C)C1. The molecule has 0 saturated carbocycles.